The summed E-state index contributed by atoms with van der Waals surface area (Å²) in [6.45, 7) is 0.534. The molecule has 0 saturated heterocycles. The van der Waals surface area contributed by atoms with Gasteiger partial charge in [0.25, 0.3) is 15.9 Å². The average molecular weight is 340 g/mol. The highest BCUT2D eigenvalue weighted by Gasteiger charge is 2.34. The summed E-state index contributed by atoms with van der Waals surface area (Å²) in [7, 11) is -2.38. The number of carbonyl (C=O) groups is 1. The summed E-state index contributed by atoms with van der Waals surface area (Å²) < 4.78 is 30.6. The van der Waals surface area contributed by atoms with Gasteiger partial charge in [-0.25, -0.2) is 13.1 Å². The summed E-state index contributed by atoms with van der Waals surface area (Å²) in [5, 5.41) is 3.74. The van der Waals surface area contributed by atoms with Gasteiger partial charge in [-0.1, -0.05) is 0 Å². The van der Waals surface area contributed by atoms with E-state index in [4.69, 9.17) is 4.42 Å². The van der Waals surface area contributed by atoms with E-state index >= 15 is 0 Å². The molecule has 1 N–H and O–H groups in total. The van der Waals surface area contributed by atoms with E-state index in [1.54, 1.807) is 16.2 Å². The third kappa shape index (κ3) is 3.08. The molecular weight excluding hydrogens is 324 g/mol. The van der Waals surface area contributed by atoms with Crippen molar-refractivity contribution < 1.29 is 17.6 Å². The van der Waals surface area contributed by atoms with Crippen molar-refractivity contribution in [1.82, 2.24) is 9.62 Å². The van der Waals surface area contributed by atoms with Crippen LogP contribution in [0.25, 0.3) is 0 Å². The van der Waals surface area contributed by atoms with Crippen molar-refractivity contribution in [3.8, 4) is 0 Å². The van der Waals surface area contributed by atoms with Crippen LogP contribution in [0.5, 0.6) is 0 Å². The lowest BCUT2D eigenvalue weighted by molar-refractivity contribution is 0.0729. The third-order valence-electron chi connectivity index (χ3n) is 3.54. The largest absolute Gasteiger partial charge is 0.451 e. The Labute approximate surface area is 132 Å². The molecule has 0 aromatic carbocycles. The zero-order valence-corrected chi connectivity index (χ0v) is 13.6. The molecule has 1 saturated carbocycles. The smallest absolute Gasteiger partial charge is 0.273 e. The van der Waals surface area contributed by atoms with Crippen LogP contribution in [0.4, 0.5) is 0 Å². The average Bonchev–Trinajstić information content (AvgIpc) is 3.02. The number of furan rings is 1. The van der Waals surface area contributed by atoms with Gasteiger partial charge in [0.15, 0.2) is 0 Å². The Bertz CT molecular complexity index is 761. The number of thiophene rings is 1. The molecule has 0 spiro atoms. The fourth-order valence-electron chi connectivity index (χ4n) is 2.17. The van der Waals surface area contributed by atoms with Gasteiger partial charge in [-0.05, 0) is 42.3 Å². The molecule has 118 valence electrons. The van der Waals surface area contributed by atoms with Crippen molar-refractivity contribution >= 4 is 27.3 Å². The number of hydrogen-bond donors (Lipinski definition) is 1. The summed E-state index contributed by atoms with van der Waals surface area (Å²) in [5.41, 5.74) is 1.34. The Hall–Kier alpha value is -1.64. The van der Waals surface area contributed by atoms with Crippen LogP contribution in [0.3, 0.4) is 0 Å². The highest BCUT2D eigenvalue weighted by molar-refractivity contribution is 7.89. The van der Waals surface area contributed by atoms with E-state index in [0.717, 1.165) is 18.4 Å². The van der Waals surface area contributed by atoms with Gasteiger partial charge < -0.3 is 9.32 Å². The van der Waals surface area contributed by atoms with Gasteiger partial charge in [0.05, 0.1) is 5.56 Å². The minimum atomic E-state index is -3.68. The first kappa shape index (κ1) is 15.3. The van der Waals surface area contributed by atoms with E-state index in [1.165, 1.54) is 19.4 Å². The van der Waals surface area contributed by atoms with Gasteiger partial charge in [0.1, 0.15) is 6.26 Å². The molecule has 22 heavy (non-hydrogen) atoms. The molecule has 0 aliphatic heterocycles. The standard InChI is InChI=1S/C14H16N2O4S2/c1-15-22(18,19)13-6-11(8-20-13)14(17)16(12-2-3-12)7-10-4-5-21-9-10/h4-6,8-9,12,15H,2-3,7H2,1H3. The quantitative estimate of drug-likeness (QED) is 0.873. The van der Waals surface area contributed by atoms with Gasteiger partial charge in [0.2, 0.25) is 5.09 Å². The first-order chi connectivity index (χ1) is 10.5. The summed E-state index contributed by atoms with van der Waals surface area (Å²) >= 11 is 1.59. The summed E-state index contributed by atoms with van der Waals surface area (Å²) in [6, 6.07) is 3.49. The lowest BCUT2D eigenvalue weighted by atomic mass is 10.2. The van der Waals surface area contributed by atoms with Gasteiger partial charge >= 0.3 is 0 Å². The van der Waals surface area contributed by atoms with Gasteiger partial charge in [-0.15, -0.1) is 0 Å². The van der Waals surface area contributed by atoms with Crippen molar-refractivity contribution in [3.05, 3.63) is 40.3 Å². The summed E-state index contributed by atoms with van der Waals surface area (Å²) in [5.74, 6) is -0.199. The Morgan fingerprint density at radius 3 is 2.86 bits per heavy atom. The van der Waals surface area contributed by atoms with E-state index in [9.17, 15) is 13.2 Å². The molecule has 8 heteroatoms. The second-order valence-electron chi connectivity index (χ2n) is 5.16. The topological polar surface area (TPSA) is 79.6 Å². The molecule has 2 aromatic rings. The summed E-state index contributed by atoms with van der Waals surface area (Å²) in [6.07, 6.45) is 3.17. The number of carbonyl (C=O) groups excluding carboxylic acids is 1. The lowest BCUT2D eigenvalue weighted by Crippen LogP contribution is -2.32. The highest BCUT2D eigenvalue weighted by Crippen LogP contribution is 2.30. The van der Waals surface area contributed by atoms with Crippen LogP contribution in [0.15, 0.2) is 38.7 Å². The van der Waals surface area contributed by atoms with E-state index in [0.29, 0.717) is 6.54 Å². The van der Waals surface area contributed by atoms with E-state index < -0.39 is 10.0 Å². The first-order valence-electron chi connectivity index (χ1n) is 6.85. The lowest BCUT2D eigenvalue weighted by Gasteiger charge is -2.21. The Morgan fingerprint density at radius 1 is 1.50 bits per heavy atom. The number of hydrogen-bond acceptors (Lipinski definition) is 5. The highest BCUT2D eigenvalue weighted by atomic mass is 32.2. The van der Waals surface area contributed by atoms with Crippen LogP contribution in [0.1, 0.15) is 28.8 Å². The molecule has 1 fully saturated rings. The van der Waals surface area contributed by atoms with E-state index in [2.05, 4.69) is 4.72 Å². The molecule has 0 radical (unpaired) electrons. The monoisotopic (exact) mass is 340 g/mol. The van der Waals surface area contributed by atoms with Gasteiger partial charge in [-0.2, -0.15) is 11.3 Å². The van der Waals surface area contributed by atoms with E-state index in [-0.39, 0.29) is 22.6 Å². The normalized spacial score (nSPS) is 15.0. The number of amides is 1. The molecule has 0 bridgehead atoms. The van der Waals surface area contributed by atoms with Crippen molar-refractivity contribution in [2.24, 2.45) is 0 Å². The van der Waals surface area contributed by atoms with Crippen LogP contribution in [-0.2, 0) is 16.6 Å². The minimum absolute atomic E-state index is 0.199. The van der Waals surface area contributed by atoms with Crippen molar-refractivity contribution in [2.45, 2.75) is 30.5 Å². The Balaban J connectivity index is 1.82. The Kier molecular flexibility index (Phi) is 4.07. The van der Waals surface area contributed by atoms with Crippen molar-refractivity contribution in [3.63, 3.8) is 0 Å². The van der Waals surface area contributed by atoms with Gasteiger partial charge in [0, 0.05) is 18.7 Å². The van der Waals surface area contributed by atoms with Crippen LogP contribution < -0.4 is 4.72 Å². The maximum Gasteiger partial charge on any atom is 0.273 e. The molecule has 1 amide bonds. The fraction of sp³-hybridized carbons (Fsp3) is 0.357. The van der Waals surface area contributed by atoms with Crippen LogP contribution in [-0.4, -0.2) is 32.3 Å². The number of nitrogens with one attached hydrogen (secondary N) is 1. The predicted molar refractivity (Wildman–Crippen MR) is 82.2 cm³/mol. The van der Waals surface area contributed by atoms with Crippen LogP contribution >= 0.6 is 11.3 Å². The number of sulfonamides is 1. The molecule has 1 aliphatic carbocycles. The molecular formula is C14H16N2O4S2. The molecule has 3 rings (SSSR count). The van der Waals surface area contributed by atoms with Gasteiger partial charge in [-0.3, -0.25) is 4.79 Å². The van der Waals surface area contributed by atoms with E-state index in [1.807, 2.05) is 16.8 Å². The number of nitrogens with zero attached hydrogens (tertiary/aromatic N) is 1. The molecule has 0 unspecified atom stereocenters. The minimum Gasteiger partial charge on any atom is -0.451 e. The first-order valence-corrected chi connectivity index (χ1v) is 9.28. The van der Waals surface area contributed by atoms with Crippen LogP contribution in [0.2, 0.25) is 0 Å². The second-order valence-corrected chi connectivity index (χ2v) is 7.76. The maximum atomic E-state index is 12.6. The zero-order valence-electron chi connectivity index (χ0n) is 12.0. The molecule has 2 aromatic heterocycles. The number of rotatable bonds is 6. The molecule has 0 atom stereocenters. The molecule has 1 aliphatic rings. The fourth-order valence-corrected chi connectivity index (χ4v) is 3.49. The van der Waals surface area contributed by atoms with Crippen molar-refractivity contribution in [2.75, 3.05) is 7.05 Å². The summed E-state index contributed by atoms with van der Waals surface area (Å²) in [4.78, 5) is 14.4. The Morgan fingerprint density at radius 2 is 2.27 bits per heavy atom. The predicted octanol–water partition coefficient (Wildman–Crippen LogP) is 2.05. The molecule has 6 nitrogen and oxygen atoms in total. The third-order valence-corrected chi connectivity index (χ3v) is 5.55. The SMILES string of the molecule is CNS(=O)(=O)c1cc(C(=O)N(Cc2ccsc2)C2CC2)co1. The zero-order chi connectivity index (χ0) is 15.7. The maximum absolute atomic E-state index is 12.6. The van der Waals surface area contributed by atoms with Crippen molar-refractivity contribution in [1.29, 1.82) is 0 Å². The second kappa shape index (κ2) is 5.86. The molecule has 2 heterocycles. The van der Waals surface area contributed by atoms with Crippen LogP contribution in [0, 0.1) is 0 Å².